The molecule has 98 valence electrons. The van der Waals surface area contributed by atoms with Crippen LogP contribution in [-0.4, -0.2) is 17.9 Å². The highest BCUT2D eigenvalue weighted by Gasteiger charge is 2.08. The fourth-order valence-corrected chi connectivity index (χ4v) is 2.66. The Kier molecular flexibility index (Phi) is 4.06. The summed E-state index contributed by atoms with van der Waals surface area (Å²) < 4.78 is 5.31. The number of amidine groups is 1. The lowest BCUT2D eigenvalue weighted by molar-refractivity contribution is 0.405. The van der Waals surface area contributed by atoms with E-state index in [1.54, 1.807) is 13.2 Å². The van der Waals surface area contributed by atoms with Gasteiger partial charge < -0.3 is 10.5 Å². The molecule has 0 atom stereocenters. The van der Waals surface area contributed by atoms with E-state index in [9.17, 15) is 0 Å². The summed E-state index contributed by atoms with van der Waals surface area (Å²) in [4.78, 5) is 5.43. The molecule has 2 aromatic rings. The van der Waals surface area contributed by atoms with E-state index in [1.807, 2.05) is 37.3 Å². The lowest BCUT2D eigenvalue weighted by Gasteiger charge is -2.08. The Hall–Kier alpha value is -2.01. The number of methoxy groups -OCH3 is 1. The van der Waals surface area contributed by atoms with Crippen LogP contribution in [0.4, 0.5) is 0 Å². The molecule has 0 saturated heterocycles. The van der Waals surface area contributed by atoms with E-state index in [1.165, 1.54) is 11.8 Å². The molecular weight excluding hydrogens is 258 g/mol. The summed E-state index contributed by atoms with van der Waals surface area (Å²) in [5.74, 6) is 0.854. The van der Waals surface area contributed by atoms with Gasteiger partial charge in [-0.15, -0.1) is 0 Å². The maximum atomic E-state index is 7.50. The van der Waals surface area contributed by atoms with Gasteiger partial charge in [-0.05, 0) is 31.2 Å². The summed E-state index contributed by atoms with van der Waals surface area (Å²) in [7, 11) is 1.64. The highest BCUT2D eigenvalue weighted by atomic mass is 32.2. The molecule has 1 aromatic heterocycles. The molecule has 0 aliphatic rings. The second kappa shape index (κ2) is 5.75. The zero-order valence-electron chi connectivity index (χ0n) is 10.8. The molecule has 0 aliphatic carbocycles. The molecule has 0 fully saturated rings. The summed E-state index contributed by atoms with van der Waals surface area (Å²) >= 11 is 1.50. The average molecular weight is 273 g/mol. The number of hydrogen-bond acceptors (Lipinski definition) is 4. The number of aromatic nitrogens is 1. The van der Waals surface area contributed by atoms with Crippen LogP contribution in [0.3, 0.4) is 0 Å². The monoisotopic (exact) mass is 273 g/mol. The van der Waals surface area contributed by atoms with Gasteiger partial charge in [0.1, 0.15) is 16.6 Å². The first-order chi connectivity index (χ1) is 9.10. The van der Waals surface area contributed by atoms with Crippen molar-refractivity contribution < 1.29 is 4.74 Å². The van der Waals surface area contributed by atoms with Gasteiger partial charge in [-0.1, -0.05) is 23.9 Å². The van der Waals surface area contributed by atoms with Gasteiger partial charge in [0, 0.05) is 11.3 Å². The number of nitrogens with two attached hydrogens (primary N) is 1. The first-order valence-electron chi connectivity index (χ1n) is 5.74. The first-order valence-corrected chi connectivity index (χ1v) is 6.56. The molecule has 0 bridgehead atoms. The van der Waals surface area contributed by atoms with Crippen LogP contribution in [0.15, 0.2) is 46.3 Å². The van der Waals surface area contributed by atoms with E-state index >= 15 is 0 Å². The maximum absolute atomic E-state index is 7.50. The minimum absolute atomic E-state index is 0.0485. The van der Waals surface area contributed by atoms with Crippen LogP contribution in [0.1, 0.15) is 11.3 Å². The van der Waals surface area contributed by atoms with E-state index < -0.39 is 0 Å². The molecule has 5 heteroatoms. The predicted octanol–water partition coefficient (Wildman–Crippen LogP) is 2.83. The smallest absolute Gasteiger partial charge is 0.132 e. The van der Waals surface area contributed by atoms with Crippen LogP contribution in [-0.2, 0) is 0 Å². The highest BCUT2D eigenvalue weighted by Crippen LogP contribution is 2.33. The van der Waals surface area contributed by atoms with Crippen LogP contribution in [0.25, 0.3) is 0 Å². The van der Waals surface area contributed by atoms with Gasteiger partial charge >= 0.3 is 0 Å². The third-order valence-corrected chi connectivity index (χ3v) is 3.50. The number of pyridine rings is 1. The molecule has 4 nitrogen and oxygen atoms in total. The molecule has 0 amide bonds. The molecule has 1 heterocycles. The Balaban J connectivity index is 2.35. The lowest BCUT2D eigenvalue weighted by Crippen LogP contribution is -2.11. The number of ether oxygens (including phenoxy) is 1. The Morgan fingerprint density at radius 3 is 2.74 bits per heavy atom. The topological polar surface area (TPSA) is 72.0 Å². The normalized spacial score (nSPS) is 10.2. The van der Waals surface area contributed by atoms with Crippen LogP contribution in [0, 0.1) is 12.3 Å². The van der Waals surface area contributed by atoms with Crippen LogP contribution >= 0.6 is 11.8 Å². The number of benzene rings is 1. The Bertz CT molecular complexity index is 613. The fraction of sp³-hybridized carbons (Fsp3) is 0.143. The molecule has 0 radical (unpaired) electrons. The van der Waals surface area contributed by atoms with Gasteiger partial charge in [0.2, 0.25) is 0 Å². The van der Waals surface area contributed by atoms with Gasteiger partial charge in [0.25, 0.3) is 0 Å². The van der Waals surface area contributed by atoms with Crippen LogP contribution < -0.4 is 10.5 Å². The van der Waals surface area contributed by atoms with Crippen molar-refractivity contribution >= 4 is 17.6 Å². The summed E-state index contributed by atoms with van der Waals surface area (Å²) in [5, 5.41) is 8.30. The molecule has 19 heavy (non-hydrogen) atoms. The molecule has 0 aliphatic heterocycles. The summed E-state index contributed by atoms with van der Waals surface area (Å²) in [5.41, 5.74) is 7.05. The Labute approximate surface area is 116 Å². The van der Waals surface area contributed by atoms with Crippen molar-refractivity contribution in [2.24, 2.45) is 5.73 Å². The molecule has 1 aromatic carbocycles. The van der Waals surface area contributed by atoms with Gasteiger partial charge in [-0.25, -0.2) is 4.98 Å². The molecule has 3 N–H and O–H groups in total. The van der Waals surface area contributed by atoms with E-state index in [-0.39, 0.29) is 5.84 Å². The molecular formula is C14H15N3OS. The summed E-state index contributed by atoms with van der Waals surface area (Å²) in [6, 6.07) is 11.4. The van der Waals surface area contributed by atoms with Gasteiger partial charge in [-0.2, -0.15) is 0 Å². The molecule has 2 rings (SSSR count). The number of nitrogens with one attached hydrogen (secondary N) is 1. The zero-order valence-corrected chi connectivity index (χ0v) is 11.6. The van der Waals surface area contributed by atoms with Crippen molar-refractivity contribution in [2.75, 3.05) is 7.11 Å². The summed E-state index contributed by atoms with van der Waals surface area (Å²) in [6.45, 7) is 1.89. The van der Waals surface area contributed by atoms with Crippen LogP contribution in [0.2, 0.25) is 0 Å². The van der Waals surface area contributed by atoms with E-state index in [2.05, 4.69) is 4.98 Å². The van der Waals surface area contributed by atoms with Crippen molar-refractivity contribution in [2.45, 2.75) is 16.8 Å². The minimum atomic E-state index is 0.0485. The number of nitrogens with zero attached hydrogens (tertiary/aromatic N) is 1. The van der Waals surface area contributed by atoms with E-state index in [4.69, 9.17) is 15.9 Å². The van der Waals surface area contributed by atoms with Crippen molar-refractivity contribution in [1.82, 2.24) is 4.98 Å². The minimum Gasteiger partial charge on any atom is -0.496 e. The van der Waals surface area contributed by atoms with Gasteiger partial charge in [-0.3, -0.25) is 5.41 Å². The molecule has 0 spiro atoms. The number of aryl methyl sites for hydroxylation is 1. The van der Waals surface area contributed by atoms with Crippen molar-refractivity contribution in [3.63, 3.8) is 0 Å². The number of para-hydroxylation sites is 1. The predicted molar refractivity (Wildman–Crippen MR) is 77.1 cm³/mol. The van der Waals surface area contributed by atoms with Crippen molar-refractivity contribution in [1.29, 1.82) is 5.41 Å². The molecule has 0 saturated carbocycles. The fourth-order valence-electron chi connectivity index (χ4n) is 1.66. The lowest BCUT2D eigenvalue weighted by atomic mass is 10.2. The zero-order chi connectivity index (χ0) is 13.8. The average Bonchev–Trinajstić information content (AvgIpc) is 2.38. The van der Waals surface area contributed by atoms with Crippen molar-refractivity contribution in [3.8, 4) is 5.75 Å². The second-order valence-corrected chi connectivity index (χ2v) is 5.06. The number of hydrogen-bond donors (Lipinski definition) is 2. The standard InChI is InChI=1S/C14H15N3OS/c1-9-7-10(14(15)16)8-13(17-9)19-12-6-4-3-5-11(12)18-2/h3-8H,1-2H3,(H3,15,16). The third kappa shape index (κ3) is 3.26. The van der Waals surface area contributed by atoms with Gasteiger partial charge in [0.05, 0.1) is 12.0 Å². The third-order valence-electron chi connectivity index (χ3n) is 2.52. The van der Waals surface area contributed by atoms with Gasteiger partial charge in [0.15, 0.2) is 0 Å². The highest BCUT2D eigenvalue weighted by molar-refractivity contribution is 7.99. The SMILES string of the molecule is COc1ccccc1Sc1cc(C(=N)N)cc(C)n1. The van der Waals surface area contributed by atoms with E-state index in [0.717, 1.165) is 21.4 Å². The largest absolute Gasteiger partial charge is 0.496 e. The summed E-state index contributed by atoms with van der Waals surface area (Å²) in [6.07, 6.45) is 0. The number of nitrogen functional groups attached to an aromatic ring is 1. The Morgan fingerprint density at radius 1 is 1.32 bits per heavy atom. The van der Waals surface area contributed by atoms with Crippen molar-refractivity contribution in [3.05, 3.63) is 47.7 Å². The maximum Gasteiger partial charge on any atom is 0.132 e. The second-order valence-electron chi connectivity index (χ2n) is 4.00. The van der Waals surface area contributed by atoms with Crippen LogP contribution in [0.5, 0.6) is 5.75 Å². The first kappa shape index (κ1) is 13.4. The Morgan fingerprint density at radius 2 is 2.05 bits per heavy atom. The quantitative estimate of drug-likeness (QED) is 0.663. The molecule has 0 unspecified atom stereocenters. The number of rotatable bonds is 4. The van der Waals surface area contributed by atoms with E-state index in [0.29, 0.717) is 5.56 Å².